The van der Waals surface area contributed by atoms with Crippen LogP contribution in [0.25, 0.3) is 17.1 Å². The van der Waals surface area contributed by atoms with Crippen LogP contribution in [-0.2, 0) is 6.54 Å². The summed E-state index contributed by atoms with van der Waals surface area (Å²) in [5, 5.41) is 11.1. The van der Waals surface area contributed by atoms with Gasteiger partial charge in [-0.15, -0.1) is 0 Å². The normalized spacial score (nSPS) is 10.9. The first-order valence-electron chi connectivity index (χ1n) is 8.99. The fraction of sp³-hybridized carbons (Fsp3) is 0.143. The lowest BCUT2D eigenvalue weighted by atomic mass is 10.1. The lowest BCUT2D eigenvalue weighted by Crippen LogP contribution is -2.23. The number of carbonyl (C=O) groups is 1. The number of hydrogen-bond donors (Lipinski definition) is 1. The van der Waals surface area contributed by atoms with E-state index in [0.717, 1.165) is 11.1 Å². The van der Waals surface area contributed by atoms with Gasteiger partial charge in [-0.1, -0.05) is 35.0 Å². The summed E-state index contributed by atoms with van der Waals surface area (Å²) in [7, 11) is 0. The van der Waals surface area contributed by atoms with Crippen molar-refractivity contribution in [2.24, 2.45) is 0 Å². The average molecular weight is 391 g/mol. The summed E-state index contributed by atoms with van der Waals surface area (Å²) in [6.45, 7) is 4.16. The van der Waals surface area contributed by atoms with Crippen LogP contribution in [0.15, 0.2) is 59.3 Å². The third-order valence-corrected chi connectivity index (χ3v) is 4.42. The fourth-order valence-corrected chi connectivity index (χ4v) is 2.79. The highest BCUT2D eigenvalue weighted by molar-refractivity contribution is 5.89. The zero-order valence-corrected chi connectivity index (χ0v) is 15.9. The Morgan fingerprint density at radius 2 is 1.83 bits per heavy atom. The maximum absolute atomic E-state index is 13.1. The van der Waals surface area contributed by atoms with E-state index in [1.807, 2.05) is 31.2 Å². The molecule has 0 bridgehead atoms. The van der Waals surface area contributed by atoms with Crippen LogP contribution in [0.2, 0.25) is 0 Å². The van der Waals surface area contributed by atoms with Crippen molar-refractivity contribution in [3.63, 3.8) is 0 Å². The predicted molar refractivity (Wildman–Crippen MR) is 104 cm³/mol. The molecule has 0 aliphatic rings. The Balaban J connectivity index is 1.49. The van der Waals surface area contributed by atoms with E-state index in [1.54, 1.807) is 29.9 Å². The molecule has 0 aliphatic carbocycles. The summed E-state index contributed by atoms with van der Waals surface area (Å²) in [5.74, 6) is -0.636. The zero-order valence-electron chi connectivity index (χ0n) is 15.9. The summed E-state index contributed by atoms with van der Waals surface area (Å²) >= 11 is 0. The zero-order chi connectivity index (χ0) is 20.4. The highest BCUT2D eigenvalue weighted by atomic mass is 19.1. The van der Waals surface area contributed by atoms with Crippen LogP contribution in [0.3, 0.4) is 0 Å². The van der Waals surface area contributed by atoms with Gasteiger partial charge in [-0.25, -0.2) is 9.07 Å². The molecule has 4 rings (SSSR count). The van der Waals surface area contributed by atoms with Gasteiger partial charge < -0.3 is 9.84 Å². The smallest absolute Gasteiger partial charge is 0.316 e. The van der Waals surface area contributed by atoms with Gasteiger partial charge >= 0.3 is 11.8 Å². The van der Waals surface area contributed by atoms with Gasteiger partial charge in [-0.2, -0.15) is 10.1 Å². The quantitative estimate of drug-likeness (QED) is 0.562. The van der Waals surface area contributed by atoms with Gasteiger partial charge in [0.15, 0.2) is 0 Å². The fourth-order valence-electron chi connectivity index (χ4n) is 2.79. The summed E-state index contributed by atoms with van der Waals surface area (Å²) in [6.07, 6.45) is 1.71. The third-order valence-electron chi connectivity index (χ3n) is 4.42. The number of halogens is 1. The Labute approximate surface area is 166 Å². The minimum Gasteiger partial charge on any atom is -0.344 e. The minimum atomic E-state index is -0.451. The topological polar surface area (TPSA) is 85.8 Å². The van der Waals surface area contributed by atoms with Crippen molar-refractivity contribution in [2.75, 3.05) is 0 Å². The van der Waals surface area contributed by atoms with Crippen molar-refractivity contribution in [1.82, 2.24) is 25.2 Å². The number of carbonyl (C=O) groups excluding carboxylic acids is 1. The molecule has 29 heavy (non-hydrogen) atoms. The molecule has 1 amide bonds. The molecule has 0 aliphatic heterocycles. The second-order valence-electron chi connectivity index (χ2n) is 6.64. The first-order chi connectivity index (χ1) is 14.0. The van der Waals surface area contributed by atoms with Gasteiger partial charge in [-0.05, 0) is 43.7 Å². The Morgan fingerprint density at radius 3 is 2.55 bits per heavy atom. The Bertz CT molecular complexity index is 1150. The molecule has 0 spiro atoms. The second-order valence-corrected chi connectivity index (χ2v) is 6.64. The van der Waals surface area contributed by atoms with Gasteiger partial charge in [-0.3, -0.25) is 4.79 Å². The highest BCUT2D eigenvalue weighted by Crippen LogP contribution is 2.21. The van der Waals surface area contributed by atoms with E-state index >= 15 is 0 Å². The van der Waals surface area contributed by atoms with Crippen LogP contribution in [-0.4, -0.2) is 25.8 Å². The number of aromatic nitrogens is 4. The van der Waals surface area contributed by atoms with Gasteiger partial charge in [0.25, 0.3) is 0 Å². The predicted octanol–water partition coefficient (Wildman–Crippen LogP) is 3.61. The van der Waals surface area contributed by atoms with E-state index in [0.29, 0.717) is 23.5 Å². The van der Waals surface area contributed by atoms with E-state index < -0.39 is 5.91 Å². The largest absolute Gasteiger partial charge is 0.344 e. The van der Waals surface area contributed by atoms with E-state index in [9.17, 15) is 9.18 Å². The first kappa shape index (κ1) is 18.5. The number of nitrogens with zero attached hydrogens (tertiary/aromatic N) is 4. The van der Waals surface area contributed by atoms with Crippen LogP contribution in [0.5, 0.6) is 0 Å². The lowest BCUT2D eigenvalue weighted by Gasteiger charge is -2.02. The molecular formula is C21H18FN5O2. The Morgan fingerprint density at radius 1 is 1.10 bits per heavy atom. The molecule has 2 aromatic carbocycles. The molecule has 146 valence electrons. The summed E-state index contributed by atoms with van der Waals surface area (Å²) in [5.41, 5.74) is 4.09. The molecule has 0 radical (unpaired) electrons. The van der Waals surface area contributed by atoms with E-state index in [2.05, 4.69) is 20.6 Å². The lowest BCUT2D eigenvalue weighted by molar-refractivity contribution is 0.0907. The Hall–Kier alpha value is -3.81. The SMILES string of the molecule is Cc1ccc(CNC(=O)c2nc(-c3cn(-c4ccc(F)cc4)nc3C)no2)cc1. The highest BCUT2D eigenvalue weighted by Gasteiger charge is 2.19. The molecule has 7 nitrogen and oxygen atoms in total. The average Bonchev–Trinajstić information content (AvgIpc) is 3.35. The van der Waals surface area contributed by atoms with E-state index in [4.69, 9.17) is 4.52 Å². The Kier molecular flexibility index (Phi) is 4.90. The first-order valence-corrected chi connectivity index (χ1v) is 8.99. The standard InChI is InChI=1S/C21H18FN5O2/c1-13-3-5-15(6-4-13)11-23-20(28)21-24-19(26-29-21)18-12-27(25-14(18)2)17-9-7-16(22)8-10-17/h3-10,12H,11H2,1-2H3,(H,23,28). The molecule has 0 saturated carbocycles. The number of aryl methyl sites for hydroxylation is 2. The van der Waals surface area contributed by atoms with Crippen molar-refractivity contribution in [3.05, 3.63) is 83.3 Å². The molecule has 2 aromatic heterocycles. The van der Waals surface area contributed by atoms with Crippen LogP contribution in [0, 0.1) is 19.7 Å². The van der Waals surface area contributed by atoms with Crippen LogP contribution < -0.4 is 5.32 Å². The second kappa shape index (κ2) is 7.67. The van der Waals surface area contributed by atoms with Crippen molar-refractivity contribution in [3.8, 4) is 17.1 Å². The number of hydrogen-bond acceptors (Lipinski definition) is 5. The number of benzene rings is 2. The summed E-state index contributed by atoms with van der Waals surface area (Å²) < 4.78 is 19.8. The molecule has 0 unspecified atom stereocenters. The van der Waals surface area contributed by atoms with Crippen molar-refractivity contribution >= 4 is 5.91 Å². The molecule has 4 aromatic rings. The minimum absolute atomic E-state index is 0.124. The number of rotatable bonds is 5. The molecular weight excluding hydrogens is 373 g/mol. The van der Waals surface area contributed by atoms with Crippen molar-refractivity contribution in [2.45, 2.75) is 20.4 Å². The van der Waals surface area contributed by atoms with Gasteiger partial charge in [0.1, 0.15) is 5.82 Å². The van der Waals surface area contributed by atoms with Gasteiger partial charge in [0, 0.05) is 12.7 Å². The molecule has 0 fully saturated rings. The molecule has 1 N–H and O–H groups in total. The van der Waals surface area contributed by atoms with E-state index in [1.165, 1.54) is 12.1 Å². The van der Waals surface area contributed by atoms with Crippen LogP contribution in [0.1, 0.15) is 27.5 Å². The number of amides is 1. The summed E-state index contributed by atoms with van der Waals surface area (Å²) in [6, 6.07) is 13.8. The van der Waals surface area contributed by atoms with Gasteiger partial charge in [0.2, 0.25) is 5.82 Å². The maximum Gasteiger partial charge on any atom is 0.316 e. The number of nitrogens with one attached hydrogen (secondary N) is 1. The van der Waals surface area contributed by atoms with Crippen molar-refractivity contribution in [1.29, 1.82) is 0 Å². The van der Waals surface area contributed by atoms with Crippen molar-refractivity contribution < 1.29 is 13.7 Å². The molecule has 8 heteroatoms. The van der Waals surface area contributed by atoms with Crippen LogP contribution >= 0.6 is 0 Å². The monoisotopic (exact) mass is 391 g/mol. The van der Waals surface area contributed by atoms with E-state index in [-0.39, 0.29) is 17.5 Å². The molecule has 2 heterocycles. The third kappa shape index (κ3) is 4.06. The molecule has 0 atom stereocenters. The maximum atomic E-state index is 13.1. The summed E-state index contributed by atoms with van der Waals surface area (Å²) in [4.78, 5) is 16.5. The van der Waals surface area contributed by atoms with Crippen LogP contribution in [0.4, 0.5) is 4.39 Å². The molecule has 0 saturated heterocycles. The van der Waals surface area contributed by atoms with Gasteiger partial charge in [0.05, 0.1) is 16.9 Å².